The summed E-state index contributed by atoms with van der Waals surface area (Å²) in [5, 5.41) is 19.2. The molecule has 0 radical (unpaired) electrons. The summed E-state index contributed by atoms with van der Waals surface area (Å²) in [4.78, 5) is 2.34. The third kappa shape index (κ3) is 1.87. The molecule has 1 aliphatic carbocycles. The molecule has 2 N–H and O–H groups in total. The number of benzene rings is 1. The third-order valence-electron chi connectivity index (χ3n) is 3.66. The SMILES string of the molecule is CCN(C)C1CCc2c(ccc(O)c2O)C1. The predicted molar refractivity (Wildman–Crippen MR) is 63.9 cm³/mol. The van der Waals surface area contributed by atoms with E-state index in [-0.39, 0.29) is 11.5 Å². The van der Waals surface area contributed by atoms with E-state index in [1.807, 2.05) is 6.07 Å². The van der Waals surface area contributed by atoms with Crippen LogP contribution in [0.3, 0.4) is 0 Å². The summed E-state index contributed by atoms with van der Waals surface area (Å²) in [6.07, 6.45) is 2.87. The molecule has 0 bridgehead atoms. The van der Waals surface area contributed by atoms with Crippen LogP contribution in [-0.2, 0) is 12.8 Å². The molecule has 1 atom stereocenters. The quantitative estimate of drug-likeness (QED) is 0.750. The highest BCUT2D eigenvalue weighted by molar-refractivity contribution is 5.50. The van der Waals surface area contributed by atoms with E-state index in [1.165, 1.54) is 5.56 Å². The van der Waals surface area contributed by atoms with Gasteiger partial charge in [-0.3, -0.25) is 0 Å². The number of fused-ring (bicyclic) bond motifs is 1. The van der Waals surface area contributed by atoms with E-state index >= 15 is 0 Å². The first-order chi connectivity index (χ1) is 7.63. The van der Waals surface area contributed by atoms with Gasteiger partial charge in [0.1, 0.15) is 0 Å². The van der Waals surface area contributed by atoms with Crippen molar-refractivity contribution < 1.29 is 10.2 Å². The second-order valence-corrected chi connectivity index (χ2v) is 4.54. The van der Waals surface area contributed by atoms with Crippen molar-refractivity contribution in [3.63, 3.8) is 0 Å². The molecule has 0 saturated heterocycles. The van der Waals surface area contributed by atoms with E-state index in [0.29, 0.717) is 6.04 Å². The average Bonchev–Trinajstić information content (AvgIpc) is 2.32. The van der Waals surface area contributed by atoms with Gasteiger partial charge in [-0.1, -0.05) is 13.0 Å². The summed E-state index contributed by atoms with van der Waals surface area (Å²) >= 11 is 0. The fourth-order valence-electron chi connectivity index (χ4n) is 2.44. The molecule has 88 valence electrons. The minimum atomic E-state index is 0.000969. The maximum absolute atomic E-state index is 9.76. The highest BCUT2D eigenvalue weighted by Gasteiger charge is 2.24. The lowest BCUT2D eigenvalue weighted by molar-refractivity contribution is 0.231. The van der Waals surface area contributed by atoms with E-state index in [4.69, 9.17) is 0 Å². The maximum atomic E-state index is 9.76. The molecule has 0 fully saturated rings. The number of aromatic hydroxyl groups is 2. The van der Waals surface area contributed by atoms with Crippen molar-refractivity contribution in [3.05, 3.63) is 23.3 Å². The van der Waals surface area contributed by atoms with Gasteiger partial charge in [0.05, 0.1) is 0 Å². The van der Waals surface area contributed by atoms with Gasteiger partial charge in [0, 0.05) is 11.6 Å². The zero-order valence-electron chi connectivity index (χ0n) is 9.90. The third-order valence-corrected chi connectivity index (χ3v) is 3.66. The summed E-state index contributed by atoms with van der Waals surface area (Å²) in [5.41, 5.74) is 2.10. The molecule has 0 spiro atoms. The van der Waals surface area contributed by atoms with Crippen LogP contribution in [0.5, 0.6) is 11.5 Å². The molecule has 3 nitrogen and oxygen atoms in total. The van der Waals surface area contributed by atoms with Crippen LogP contribution in [0.4, 0.5) is 0 Å². The van der Waals surface area contributed by atoms with Crippen LogP contribution in [0.15, 0.2) is 12.1 Å². The zero-order chi connectivity index (χ0) is 11.7. The molecule has 0 amide bonds. The van der Waals surface area contributed by atoms with Gasteiger partial charge in [0.15, 0.2) is 11.5 Å². The number of hydrogen-bond acceptors (Lipinski definition) is 3. The van der Waals surface area contributed by atoms with Crippen molar-refractivity contribution in [2.24, 2.45) is 0 Å². The fourth-order valence-corrected chi connectivity index (χ4v) is 2.44. The number of phenols is 2. The monoisotopic (exact) mass is 221 g/mol. The second-order valence-electron chi connectivity index (χ2n) is 4.54. The molecule has 1 unspecified atom stereocenters. The van der Waals surface area contributed by atoms with Gasteiger partial charge in [0.2, 0.25) is 0 Å². The van der Waals surface area contributed by atoms with Gasteiger partial charge in [-0.2, -0.15) is 0 Å². The molecule has 0 aliphatic heterocycles. The number of rotatable bonds is 2. The molecule has 0 saturated carbocycles. The van der Waals surface area contributed by atoms with Crippen molar-refractivity contribution in [1.29, 1.82) is 0 Å². The molecule has 1 aromatic rings. The molecular weight excluding hydrogens is 202 g/mol. The highest BCUT2D eigenvalue weighted by Crippen LogP contribution is 2.36. The summed E-state index contributed by atoms with van der Waals surface area (Å²) in [6.45, 7) is 3.20. The van der Waals surface area contributed by atoms with Crippen molar-refractivity contribution in [2.75, 3.05) is 13.6 Å². The Labute approximate surface area is 96.3 Å². The van der Waals surface area contributed by atoms with Gasteiger partial charge in [0.25, 0.3) is 0 Å². The Morgan fingerprint density at radius 1 is 1.38 bits per heavy atom. The van der Waals surface area contributed by atoms with Gasteiger partial charge in [-0.25, -0.2) is 0 Å². The second kappa shape index (κ2) is 4.34. The van der Waals surface area contributed by atoms with Gasteiger partial charge in [-0.15, -0.1) is 0 Å². The summed E-state index contributed by atoms with van der Waals surface area (Å²) in [5.74, 6) is 0.0798. The minimum Gasteiger partial charge on any atom is -0.504 e. The van der Waals surface area contributed by atoms with Crippen LogP contribution in [0, 0.1) is 0 Å². The first-order valence-electron chi connectivity index (χ1n) is 5.86. The summed E-state index contributed by atoms with van der Waals surface area (Å²) < 4.78 is 0. The molecule has 1 aliphatic rings. The lowest BCUT2D eigenvalue weighted by Gasteiger charge is -2.32. The van der Waals surface area contributed by atoms with Crippen molar-refractivity contribution in [1.82, 2.24) is 4.90 Å². The van der Waals surface area contributed by atoms with Gasteiger partial charge in [-0.05, 0) is 44.5 Å². The van der Waals surface area contributed by atoms with E-state index in [0.717, 1.165) is 31.4 Å². The lowest BCUT2D eigenvalue weighted by atomic mass is 9.87. The summed E-state index contributed by atoms with van der Waals surface area (Å²) in [6, 6.07) is 4.07. The molecule has 0 heterocycles. The van der Waals surface area contributed by atoms with Crippen LogP contribution in [-0.4, -0.2) is 34.7 Å². The standard InChI is InChI=1S/C13H19NO2/c1-3-14(2)10-5-6-11-9(8-10)4-7-12(15)13(11)16/h4,7,10,15-16H,3,5-6,8H2,1-2H3. The number of nitrogens with zero attached hydrogens (tertiary/aromatic N) is 1. The van der Waals surface area contributed by atoms with E-state index in [1.54, 1.807) is 6.07 Å². The van der Waals surface area contributed by atoms with Crippen LogP contribution in [0.25, 0.3) is 0 Å². The Hall–Kier alpha value is -1.22. The van der Waals surface area contributed by atoms with Crippen LogP contribution < -0.4 is 0 Å². The molecular formula is C13H19NO2. The van der Waals surface area contributed by atoms with Crippen LogP contribution >= 0.6 is 0 Å². The molecule has 0 aromatic heterocycles. The first-order valence-corrected chi connectivity index (χ1v) is 5.86. The predicted octanol–water partition coefficient (Wildman–Crippen LogP) is 1.91. The smallest absolute Gasteiger partial charge is 0.160 e. The zero-order valence-corrected chi connectivity index (χ0v) is 9.90. The normalized spacial score (nSPS) is 19.8. The average molecular weight is 221 g/mol. The number of hydrogen-bond donors (Lipinski definition) is 2. The van der Waals surface area contributed by atoms with Gasteiger partial charge < -0.3 is 15.1 Å². The van der Waals surface area contributed by atoms with E-state index < -0.39 is 0 Å². The van der Waals surface area contributed by atoms with Crippen LogP contribution in [0.1, 0.15) is 24.5 Å². The molecule has 1 aromatic carbocycles. The Balaban J connectivity index is 2.25. The topological polar surface area (TPSA) is 43.7 Å². The molecule has 3 heteroatoms. The Bertz CT molecular complexity index is 390. The Kier molecular flexibility index (Phi) is 3.06. The largest absolute Gasteiger partial charge is 0.504 e. The number of phenolic OH excluding ortho intramolecular Hbond substituents is 2. The number of likely N-dealkylation sites (N-methyl/N-ethyl adjacent to an activating group) is 1. The van der Waals surface area contributed by atoms with Crippen LogP contribution in [0.2, 0.25) is 0 Å². The van der Waals surface area contributed by atoms with Crippen molar-refractivity contribution >= 4 is 0 Å². The van der Waals surface area contributed by atoms with Crippen molar-refractivity contribution in [2.45, 2.75) is 32.2 Å². The minimum absolute atomic E-state index is 0.000969. The Morgan fingerprint density at radius 3 is 2.81 bits per heavy atom. The van der Waals surface area contributed by atoms with Gasteiger partial charge >= 0.3 is 0 Å². The highest BCUT2D eigenvalue weighted by atomic mass is 16.3. The summed E-state index contributed by atoms with van der Waals surface area (Å²) in [7, 11) is 2.13. The van der Waals surface area contributed by atoms with Crippen molar-refractivity contribution in [3.8, 4) is 11.5 Å². The lowest BCUT2D eigenvalue weighted by Crippen LogP contribution is -2.36. The Morgan fingerprint density at radius 2 is 2.12 bits per heavy atom. The molecule has 16 heavy (non-hydrogen) atoms. The van der Waals surface area contributed by atoms with E-state index in [9.17, 15) is 10.2 Å². The fraction of sp³-hybridized carbons (Fsp3) is 0.538. The first kappa shape index (κ1) is 11.3. The molecule has 2 rings (SSSR count). The maximum Gasteiger partial charge on any atom is 0.160 e. The van der Waals surface area contributed by atoms with E-state index in [2.05, 4.69) is 18.9 Å².